The minimum absolute atomic E-state index is 0.0345. The Balaban J connectivity index is 1.58. The fraction of sp³-hybridized carbons (Fsp3) is 0.200. The quantitative estimate of drug-likeness (QED) is 0.378. The first kappa shape index (κ1) is 23.6. The second-order valence-corrected chi connectivity index (χ2v) is 9.01. The molecule has 2 N–H and O–H groups in total. The number of carbonyl (C=O) groups is 2. The number of amides is 2. The van der Waals surface area contributed by atoms with Crippen LogP contribution in [-0.4, -0.2) is 32.3 Å². The van der Waals surface area contributed by atoms with E-state index in [9.17, 15) is 9.59 Å². The van der Waals surface area contributed by atoms with Gasteiger partial charge >= 0.3 is 0 Å². The van der Waals surface area contributed by atoms with Crippen LogP contribution in [0.2, 0.25) is 10.0 Å². The van der Waals surface area contributed by atoms with Gasteiger partial charge < -0.3 is 15.2 Å². The molecule has 0 spiro atoms. The molecule has 0 aliphatic heterocycles. The van der Waals surface area contributed by atoms with Crippen molar-refractivity contribution < 1.29 is 9.59 Å². The molecule has 7 nitrogen and oxygen atoms in total. The molecule has 0 saturated carbocycles. The summed E-state index contributed by atoms with van der Waals surface area (Å²) in [5, 5.41) is 15.2. The molecule has 3 aromatic rings. The van der Waals surface area contributed by atoms with E-state index in [1.807, 2.05) is 35.8 Å². The molecule has 2 amide bonds. The van der Waals surface area contributed by atoms with Gasteiger partial charge in [-0.15, -0.1) is 10.2 Å². The minimum atomic E-state index is -0.259. The maximum Gasteiger partial charge on any atom is 0.234 e. The number of aromatic nitrogens is 3. The highest BCUT2D eigenvalue weighted by molar-refractivity contribution is 9.10. The summed E-state index contributed by atoms with van der Waals surface area (Å²) in [5.74, 6) is 0.265. The van der Waals surface area contributed by atoms with Crippen LogP contribution in [0.25, 0.3) is 0 Å². The van der Waals surface area contributed by atoms with E-state index in [2.05, 4.69) is 36.8 Å². The number of anilines is 2. The van der Waals surface area contributed by atoms with Crippen LogP contribution in [0.4, 0.5) is 11.4 Å². The van der Waals surface area contributed by atoms with E-state index < -0.39 is 0 Å². The maximum absolute atomic E-state index is 12.4. The highest BCUT2D eigenvalue weighted by Crippen LogP contribution is 2.25. The number of nitrogens with zero attached hydrogens (tertiary/aromatic N) is 3. The number of carbonyl (C=O) groups excluding carboxylic acids is 2. The lowest BCUT2D eigenvalue weighted by Crippen LogP contribution is -2.18. The Labute approximate surface area is 202 Å². The van der Waals surface area contributed by atoms with Crippen molar-refractivity contribution in [2.75, 3.05) is 16.4 Å². The van der Waals surface area contributed by atoms with Crippen molar-refractivity contribution >= 4 is 74.1 Å². The number of hydrogen-bond acceptors (Lipinski definition) is 5. The summed E-state index contributed by atoms with van der Waals surface area (Å²) in [6.45, 7) is 2.49. The number of halogens is 3. The summed E-state index contributed by atoms with van der Waals surface area (Å²) >= 11 is 16.5. The molecule has 0 saturated heterocycles. The molecule has 0 aliphatic carbocycles. The van der Waals surface area contributed by atoms with E-state index in [4.69, 9.17) is 23.2 Å². The molecule has 31 heavy (non-hydrogen) atoms. The van der Waals surface area contributed by atoms with Gasteiger partial charge in [-0.2, -0.15) is 0 Å². The second kappa shape index (κ2) is 11.0. The Bertz CT molecular complexity index is 1090. The third-order valence-corrected chi connectivity index (χ3v) is 6.33. The van der Waals surface area contributed by atoms with Gasteiger partial charge in [0.15, 0.2) is 5.16 Å². The monoisotopic (exact) mass is 541 g/mol. The Hall–Kier alpha value is -2.07. The summed E-state index contributed by atoms with van der Waals surface area (Å²) in [7, 11) is 0. The molecular formula is C20H18BrCl2N5O2S. The normalized spacial score (nSPS) is 10.7. The van der Waals surface area contributed by atoms with Crippen LogP contribution in [0.3, 0.4) is 0 Å². The van der Waals surface area contributed by atoms with Crippen molar-refractivity contribution in [1.82, 2.24) is 14.8 Å². The molecule has 0 atom stereocenters. The topological polar surface area (TPSA) is 88.9 Å². The number of rotatable bonds is 8. The Morgan fingerprint density at radius 1 is 1.00 bits per heavy atom. The largest absolute Gasteiger partial charge is 0.326 e. The molecule has 0 radical (unpaired) electrons. The maximum atomic E-state index is 12.4. The van der Waals surface area contributed by atoms with E-state index in [1.54, 1.807) is 18.2 Å². The van der Waals surface area contributed by atoms with E-state index in [-0.39, 0.29) is 24.0 Å². The van der Waals surface area contributed by atoms with Gasteiger partial charge in [-0.25, -0.2) is 0 Å². The van der Waals surface area contributed by atoms with Gasteiger partial charge in [0.1, 0.15) is 5.82 Å². The Kier molecular flexibility index (Phi) is 8.36. The summed E-state index contributed by atoms with van der Waals surface area (Å²) < 4.78 is 2.75. The fourth-order valence-electron chi connectivity index (χ4n) is 2.66. The smallest absolute Gasteiger partial charge is 0.234 e. The SMILES string of the molecule is CCn1c(CC(=O)Nc2ccc(Cl)c(Cl)c2)nnc1SCC(=O)Nc1ccc(Br)cc1. The van der Waals surface area contributed by atoms with Crippen molar-refractivity contribution in [2.24, 2.45) is 0 Å². The number of thioether (sulfide) groups is 1. The van der Waals surface area contributed by atoms with Gasteiger partial charge in [0.05, 0.1) is 22.2 Å². The molecule has 3 rings (SSSR count). The number of nitrogens with one attached hydrogen (secondary N) is 2. The first-order valence-electron chi connectivity index (χ1n) is 9.21. The zero-order chi connectivity index (χ0) is 22.4. The molecule has 0 bridgehead atoms. The summed E-state index contributed by atoms with van der Waals surface area (Å²) in [5.41, 5.74) is 1.26. The molecule has 0 fully saturated rings. The van der Waals surface area contributed by atoms with Crippen LogP contribution in [0.5, 0.6) is 0 Å². The number of benzene rings is 2. The van der Waals surface area contributed by atoms with Crippen LogP contribution in [0, 0.1) is 0 Å². The zero-order valence-corrected chi connectivity index (χ0v) is 20.3. The van der Waals surface area contributed by atoms with Crippen LogP contribution < -0.4 is 10.6 Å². The first-order chi connectivity index (χ1) is 14.9. The lowest BCUT2D eigenvalue weighted by atomic mass is 10.3. The summed E-state index contributed by atoms with van der Waals surface area (Å²) in [4.78, 5) is 24.6. The molecule has 0 aliphatic rings. The van der Waals surface area contributed by atoms with Gasteiger partial charge in [0.25, 0.3) is 0 Å². The highest BCUT2D eigenvalue weighted by Gasteiger charge is 2.16. The molecule has 1 heterocycles. The van der Waals surface area contributed by atoms with Crippen molar-refractivity contribution in [3.63, 3.8) is 0 Å². The van der Waals surface area contributed by atoms with E-state index >= 15 is 0 Å². The average molecular weight is 543 g/mol. The fourth-order valence-corrected chi connectivity index (χ4v) is 4.04. The molecular weight excluding hydrogens is 525 g/mol. The van der Waals surface area contributed by atoms with Gasteiger partial charge in [0.2, 0.25) is 11.8 Å². The van der Waals surface area contributed by atoms with Crippen molar-refractivity contribution in [1.29, 1.82) is 0 Å². The minimum Gasteiger partial charge on any atom is -0.326 e. The average Bonchev–Trinajstić information content (AvgIpc) is 3.12. The Morgan fingerprint density at radius 2 is 1.68 bits per heavy atom. The van der Waals surface area contributed by atoms with Crippen LogP contribution in [-0.2, 0) is 22.6 Å². The van der Waals surface area contributed by atoms with Crippen LogP contribution in [0.15, 0.2) is 52.1 Å². The molecule has 1 aromatic heterocycles. The third-order valence-electron chi connectivity index (χ3n) is 4.09. The van der Waals surface area contributed by atoms with Crippen LogP contribution >= 0.6 is 50.9 Å². The molecule has 162 valence electrons. The molecule has 0 unspecified atom stereocenters. The predicted octanol–water partition coefficient (Wildman–Crippen LogP) is 5.28. The standard InChI is InChI=1S/C20H18BrCl2N5O2S/c1-2-28-17(10-18(29)25-14-7-8-15(22)16(23)9-14)26-27-20(28)31-11-19(30)24-13-5-3-12(21)4-6-13/h3-9H,2,10-11H2,1H3,(H,24,30)(H,25,29). The Morgan fingerprint density at radius 3 is 2.35 bits per heavy atom. The second-order valence-electron chi connectivity index (χ2n) is 6.34. The lowest BCUT2D eigenvalue weighted by molar-refractivity contribution is -0.116. The van der Waals surface area contributed by atoms with E-state index in [0.29, 0.717) is 38.9 Å². The number of hydrogen-bond donors (Lipinski definition) is 2. The lowest BCUT2D eigenvalue weighted by Gasteiger charge is -2.09. The van der Waals surface area contributed by atoms with E-state index in [0.717, 1.165) is 4.47 Å². The van der Waals surface area contributed by atoms with Gasteiger partial charge in [0, 0.05) is 22.4 Å². The van der Waals surface area contributed by atoms with Gasteiger partial charge in [-0.1, -0.05) is 50.9 Å². The van der Waals surface area contributed by atoms with Crippen molar-refractivity contribution in [3.8, 4) is 0 Å². The third kappa shape index (κ3) is 6.70. The molecule has 11 heteroatoms. The summed E-state index contributed by atoms with van der Waals surface area (Å²) in [6.07, 6.45) is 0.0345. The molecule has 2 aromatic carbocycles. The van der Waals surface area contributed by atoms with Crippen LogP contribution in [0.1, 0.15) is 12.7 Å². The van der Waals surface area contributed by atoms with Gasteiger partial charge in [-0.05, 0) is 49.4 Å². The zero-order valence-electron chi connectivity index (χ0n) is 16.4. The first-order valence-corrected chi connectivity index (χ1v) is 11.7. The summed E-state index contributed by atoms with van der Waals surface area (Å²) in [6, 6.07) is 12.2. The predicted molar refractivity (Wildman–Crippen MR) is 128 cm³/mol. The van der Waals surface area contributed by atoms with Gasteiger partial charge in [-0.3, -0.25) is 9.59 Å². The van der Waals surface area contributed by atoms with Crippen molar-refractivity contribution in [3.05, 3.63) is 62.8 Å². The van der Waals surface area contributed by atoms with E-state index in [1.165, 1.54) is 11.8 Å². The highest BCUT2D eigenvalue weighted by atomic mass is 79.9. The van der Waals surface area contributed by atoms with Crippen molar-refractivity contribution in [2.45, 2.75) is 25.0 Å².